The summed E-state index contributed by atoms with van der Waals surface area (Å²) in [4.78, 5) is 12.5. The Kier molecular flexibility index (Phi) is 10.6. The Morgan fingerprint density at radius 3 is 2.12 bits per heavy atom. The van der Waals surface area contributed by atoms with Gasteiger partial charge in [0.25, 0.3) is 0 Å². The third-order valence-corrected chi connectivity index (χ3v) is 6.44. The first-order valence-electron chi connectivity index (χ1n) is 13.5. The van der Waals surface area contributed by atoms with Crippen LogP contribution in [-0.2, 0) is 23.4 Å². The molecule has 0 saturated heterocycles. The molecule has 5 rings (SSSR count). The fraction of sp³-hybridized carbons (Fsp3) is 0.235. The number of furan rings is 1. The predicted molar refractivity (Wildman–Crippen MR) is 158 cm³/mol. The molecule has 1 unspecified atom stereocenters. The Morgan fingerprint density at radius 2 is 1.52 bits per heavy atom. The van der Waals surface area contributed by atoms with E-state index in [1.807, 2.05) is 87.5 Å². The Balaban J connectivity index is 0.000000481. The highest BCUT2D eigenvalue weighted by Crippen LogP contribution is 2.33. The molecule has 3 aromatic carbocycles. The molecule has 0 radical (unpaired) electrons. The van der Waals surface area contributed by atoms with Gasteiger partial charge >= 0.3 is 0 Å². The summed E-state index contributed by atoms with van der Waals surface area (Å²) in [5, 5.41) is 24.2. The van der Waals surface area contributed by atoms with Gasteiger partial charge in [-0.1, -0.05) is 80.1 Å². The maximum Gasteiger partial charge on any atom is 0.224 e. The third kappa shape index (κ3) is 8.04. The molecule has 0 bridgehead atoms. The van der Waals surface area contributed by atoms with Crippen LogP contribution in [0, 0.1) is 13.8 Å². The first kappa shape index (κ1) is 30.1. The molecule has 5 aromatic rings. The van der Waals surface area contributed by atoms with E-state index in [1.54, 1.807) is 25.1 Å². The maximum absolute atomic E-state index is 12.5. The van der Waals surface area contributed by atoms with E-state index >= 15 is 0 Å². The van der Waals surface area contributed by atoms with Crippen molar-refractivity contribution < 1.29 is 24.3 Å². The monoisotopic (exact) mass is 539 g/mol. The number of nitrogens with one attached hydrogen (secondary N) is 1. The van der Waals surface area contributed by atoms with Gasteiger partial charge in [-0.25, -0.2) is 0 Å². The lowest BCUT2D eigenvalue weighted by atomic mass is 9.94. The first-order chi connectivity index (χ1) is 19.2. The van der Waals surface area contributed by atoms with Gasteiger partial charge in [-0.05, 0) is 55.7 Å². The molecule has 208 valence electrons. The van der Waals surface area contributed by atoms with Crippen molar-refractivity contribution in [1.29, 1.82) is 0 Å². The van der Waals surface area contributed by atoms with Gasteiger partial charge in [-0.2, -0.15) is 0 Å². The van der Waals surface area contributed by atoms with E-state index in [0.29, 0.717) is 23.5 Å². The molecule has 40 heavy (non-hydrogen) atoms. The van der Waals surface area contributed by atoms with Gasteiger partial charge in [-0.3, -0.25) is 10.0 Å². The van der Waals surface area contributed by atoms with Crippen LogP contribution >= 0.6 is 0 Å². The van der Waals surface area contributed by atoms with E-state index in [2.05, 4.69) is 18.3 Å². The van der Waals surface area contributed by atoms with E-state index in [4.69, 9.17) is 4.42 Å². The Hall–Kier alpha value is -4.42. The van der Waals surface area contributed by atoms with E-state index in [1.165, 1.54) is 18.0 Å². The lowest BCUT2D eigenvalue weighted by Crippen LogP contribution is -2.30. The minimum atomic E-state index is -1.36. The van der Waals surface area contributed by atoms with Crippen molar-refractivity contribution >= 4 is 16.9 Å². The van der Waals surface area contributed by atoms with Crippen LogP contribution in [0.25, 0.3) is 11.0 Å². The molecule has 1 amide bonds. The zero-order chi connectivity index (χ0) is 29.1. The molecule has 0 aliphatic rings. The summed E-state index contributed by atoms with van der Waals surface area (Å²) in [5.41, 5.74) is 4.19. The Bertz CT molecular complexity index is 1480. The number of aryl methyl sites for hydroxylation is 2. The summed E-state index contributed by atoms with van der Waals surface area (Å²) in [5.74, 6) is 0.335. The number of benzene rings is 3. The summed E-state index contributed by atoms with van der Waals surface area (Å²) in [6, 6.07) is 28.8. The van der Waals surface area contributed by atoms with Gasteiger partial charge in [0, 0.05) is 34.4 Å². The van der Waals surface area contributed by atoms with Crippen LogP contribution in [0.15, 0.2) is 108 Å². The van der Waals surface area contributed by atoms with E-state index in [9.17, 15) is 15.1 Å². The van der Waals surface area contributed by atoms with E-state index in [-0.39, 0.29) is 12.3 Å². The molecule has 2 heterocycles. The normalized spacial score (nSPS) is 11.8. The number of nitrogens with zero attached hydrogens (tertiary/aromatic N) is 1. The van der Waals surface area contributed by atoms with E-state index in [0.717, 1.165) is 26.8 Å². The highest BCUT2D eigenvalue weighted by molar-refractivity contribution is 5.83. The quantitative estimate of drug-likeness (QED) is 0.172. The minimum absolute atomic E-state index is 0.0540. The molecule has 0 saturated carbocycles. The average molecular weight is 540 g/mol. The number of pyridine rings is 1. The van der Waals surface area contributed by atoms with Gasteiger partial charge in [0.15, 0.2) is 0 Å². The van der Waals surface area contributed by atoms with Crippen molar-refractivity contribution in [3.05, 3.63) is 137 Å². The molecule has 2 aromatic heterocycles. The standard InChI is InChI=1S/C26H26N2O4.C6H6.C2H6/c1-17-4-6-20(18(2)12-17)16-27-25(29)14-19-5-7-23-21(13-19)15-24(32-23)26(3,30)22-8-10-28(31)11-9-22;1-2-4-6-5-3-1;1-2/h4-13,15,30H,14,16H2,1-3H3,(H-,27,29,31);1-6H;1-2H3/p+1. The molecule has 6 heteroatoms. The number of carbonyl (C=O) groups excluding carboxylic acids is 1. The predicted octanol–water partition coefficient (Wildman–Crippen LogP) is 6.40. The number of fused-ring (bicyclic) bond motifs is 1. The Morgan fingerprint density at radius 1 is 0.900 bits per heavy atom. The summed E-state index contributed by atoms with van der Waals surface area (Å²) >= 11 is 0. The lowest BCUT2D eigenvalue weighted by molar-refractivity contribution is -0.904. The number of carbonyl (C=O) groups is 1. The smallest absolute Gasteiger partial charge is 0.224 e. The van der Waals surface area contributed by atoms with Crippen LogP contribution in [0.2, 0.25) is 0 Å². The molecular formula is C34H39N2O4+. The van der Waals surface area contributed by atoms with Crippen LogP contribution in [0.3, 0.4) is 0 Å². The van der Waals surface area contributed by atoms with E-state index < -0.39 is 5.60 Å². The third-order valence-electron chi connectivity index (χ3n) is 6.44. The molecule has 0 fully saturated rings. The SMILES string of the molecule is CC.Cc1ccc(CNC(=O)Cc2ccc3oc(C(C)(O)c4cc[n+](O)cc4)cc3c2)c(C)c1.c1ccccc1. The zero-order valence-electron chi connectivity index (χ0n) is 23.9. The number of hydrogen-bond acceptors (Lipinski definition) is 4. The van der Waals surface area contributed by atoms with Gasteiger partial charge < -0.3 is 14.8 Å². The number of hydrogen-bond donors (Lipinski definition) is 3. The summed E-state index contributed by atoms with van der Waals surface area (Å²) < 4.78 is 6.80. The van der Waals surface area contributed by atoms with Crippen molar-refractivity contribution in [1.82, 2.24) is 5.32 Å². The van der Waals surface area contributed by atoms with Crippen LogP contribution in [0.5, 0.6) is 0 Å². The van der Waals surface area contributed by atoms with Gasteiger partial charge in [-0.15, -0.1) is 0 Å². The van der Waals surface area contributed by atoms with Crippen molar-refractivity contribution in [3.8, 4) is 0 Å². The van der Waals surface area contributed by atoms with Crippen LogP contribution < -0.4 is 10.0 Å². The molecule has 0 aliphatic carbocycles. The molecule has 3 N–H and O–H groups in total. The minimum Gasteiger partial charge on any atom is -0.458 e. The summed E-state index contributed by atoms with van der Waals surface area (Å²) in [6.07, 6.45) is 3.15. The molecular weight excluding hydrogens is 500 g/mol. The fourth-order valence-electron chi connectivity index (χ4n) is 4.20. The second-order valence-electron chi connectivity index (χ2n) is 9.56. The molecule has 1 atom stereocenters. The van der Waals surface area contributed by atoms with Crippen molar-refractivity contribution in [2.45, 2.75) is 53.2 Å². The molecule has 6 nitrogen and oxygen atoms in total. The zero-order valence-corrected chi connectivity index (χ0v) is 23.9. The summed E-state index contributed by atoms with van der Waals surface area (Å²) in [7, 11) is 0. The topological polar surface area (TPSA) is 86.6 Å². The second-order valence-corrected chi connectivity index (χ2v) is 9.56. The van der Waals surface area contributed by atoms with Gasteiger partial charge in [0.05, 0.1) is 6.42 Å². The average Bonchev–Trinajstić information content (AvgIpc) is 3.40. The highest BCUT2D eigenvalue weighted by atomic mass is 16.5. The van der Waals surface area contributed by atoms with Crippen molar-refractivity contribution in [3.63, 3.8) is 0 Å². The second kappa shape index (κ2) is 14.1. The Labute approximate surface area is 236 Å². The maximum atomic E-state index is 12.5. The van der Waals surface area contributed by atoms with Gasteiger partial charge in [0.2, 0.25) is 18.3 Å². The number of rotatable bonds is 6. The number of aliphatic hydroxyl groups is 1. The van der Waals surface area contributed by atoms with Crippen LogP contribution in [0.4, 0.5) is 0 Å². The number of amides is 1. The van der Waals surface area contributed by atoms with Crippen LogP contribution in [-0.4, -0.2) is 16.2 Å². The fourth-order valence-corrected chi connectivity index (χ4v) is 4.20. The van der Waals surface area contributed by atoms with Crippen LogP contribution in [0.1, 0.15) is 54.3 Å². The largest absolute Gasteiger partial charge is 0.458 e. The molecule has 0 aliphatic heterocycles. The highest BCUT2D eigenvalue weighted by Gasteiger charge is 2.30. The van der Waals surface area contributed by atoms with Crippen molar-refractivity contribution in [2.24, 2.45) is 0 Å². The molecule has 0 spiro atoms. The van der Waals surface area contributed by atoms with Gasteiger partial charge in [0.1, 0.15) is 16.9 Å². The summed E-state index contributed by atoms with van der Waals surface area (Å²) in [6.45, 7) is 10.2. The lowest BCUT2D eigenvalue weighted by Gasteiger charge is -2.20. The first-order valence-corrected chi connectivity index (χ1v) is 13.5. The number of aromatic nitrogens is 1. The van der Waals surface area contributed by atoms with Crippen molar-refractivity contribution in [2.75, 3.05) is 0 Å².